The average molecular weight is 279 g/mol. The zero-order valence-electron chi connectivity index (χ0n) is 12.9. The van der Waals surface area contributed by atoms with E-state index in [1.165, 1.54) is 32.8 Å². The van der Waals surface area contributed by atoms with Crippen LogP contribution in [0.3, 0.4) is 0 Å². The van der Waals surface area contributed by atoms with Crippen LogP contribution in [-0.2, 0) is 11.3 Å². The van der Waals surface area contributed by atoms with Gasteiger partial charge in [0.25, 0.3) is 0 Å². The molecule has 0 spiro atoms. The van der Waals surface area contributed by atoms with Gasteiger partial charge in [0.2, 0.25) is 5.76 Å². The van der Waals surface area contributed by atoms with Crippen LogP contribution in [0.5, 0.6) is 0 Å². The zero-order valence-corrected chi connectivity index (χ0v) is 12.9. The molecule has 2 unspecified atom stereocenters. The van der Waals surface area contributed by atoms with Crippen molar-refractivity contribution in [3.63, 3.8) is 0 Å². The van der Waals surface area contributed by atoms with Crippen LogP contribution in [0.4, 0.5) is 0 Å². The number of aryl methyl sites for hydroxylation is 1. The van der Waals surface area contributed by atoms with Crippen LogP contribution in [0, 0.1) is 12.8 Å². The molecule has 2 atom stereocenters. The molecule has 0 aromatic carbocycles. The Labute approximate surface area is 121 Å². The van der Waals surface area contributed by atoms with Gasteiger partial charge in [0, 0.05) is 11.6 Å². The van der Waals surface area contributed by atoms with E-state index in [2.05, 4.69) is 18.9 Å². The zero-order chi connectivity index (χ0) is 14.7. The van der Waals surface area contributed by atoms with Gasteiger partial charge in [-0.2, -0.15) is 0 Å². The van der Waals surface area contributed by atoms with Crippen molar-refractivity contribution in [1.82, 2.24) is 4.90 Å². The molecule has 1 aliphatic rings. The van der Waals surface area contributed by atoms with Gasteiger partial charge in [-0.25, -0.2) is 4.79 Å². The second kappa shape index (κ2) is 6.44. The predicted octanol–water partition coefficient (Wildman–Crippen LogP) is 3.39. The predicted molar refractivity (Wildman–Crippen MR) is 77.7 cm³/mol. The summed E-state index contributed by atoms with van der Waals surface area (Å²) in [5.74, 6) is 1.49. The number of hydrogen-bond donors (Lipinski definition) is 0. The molecule has 1 aliphatic carbocycles. The third kappa shape index (κ3) is 3.23. The van der Waals surface area contributed by atoms with E-state index in [4.69, 9.17) is 9.15 Å². The molecule has 1 heterocycles. The SMILES string of the molecule is COC(=O)c1oc(CN(C)C2CCCCC2C)cc1C. The standard InChI is InChI=1S/C16H25NO3/c1-11-7-5-6-8-14(11)17(3)10-13-9-12(2)15(20-13)16(18)19-4/h9,11,14H,5-8,10H2,1-4H3. The van der Waals surface area contributed by atoms with Crippen molar-refractivity contribution >= 4 is 5.97 Å². The molecule has 0 radical (unpaired) electrons. The molecule has 0 amide bonds. The number of furan rings is 1. The summed E-state index contributed by atoms with van der Waals surface area (Å²) in [4.78, 5) is 13.9. The maximum atomic E-state index is 11.6. The van der Waals surface area contributed by atoms with Gasteiger partial charge in [0.15, 0.2) is 0 Å². The second-order valence-electron chi connectivity index (χ2n) is 5.96. The molecule has 1 aromatic heterocycles. The molecule has 4 heteroatoms. The van der Waals surface area contributed by atoms with Crippen LogP contribution < -0.4 is 0 Å². The summed E-state index contributed by atoms with van der Waals surface area (Å²) in [5, 5.41) is 0. The molecule has 0 N–H and O–H groups in total. The van der Waals surface area contributed by atoms with E-state index >= 15 is 0 Å². The summed E-state index contributed by atoms with van der Waals surface area (Å²) in [7, 11) is 3.52. The number of methoxy groups -OCH3 is 1. The van der Waals surface area contributed by atoms with Crippen LogP contribution in [0.15, 0.2) is 10.5 Å². The molecule has 4 nitrogen and oxygen atoms in total. The molecular weight excluding hydrogens is 254 g/mol. The minimum absolute atomic E-state index is 0.326. The fourth-order valence-corrected chi connectivity index (χ4v) is 3.24. The van der Waals surface area contributed by atoms with Crippen LogP contribution in [-0.4, -0.2) is 31.1 Å². The van der Waals surface area contributed by atoms with Gasteiger partial charge in [-0.3, -0.25) is 4.90 Å². The quantitative estimate of drug-likeness (QED) is 0.792. The first-order chi connectivity index (χ1) is 9.52. The Morgan fingerprint density at radius 1 is 1.45 bits per heavy atom. The summed E-state index contributed by atoms with van der Waals surface area (Å²) in [6.45, 7) is 4.95. The van der Waals surface area contributed by atoms with Gasteiger partial charge in [-0.15, -0.1) is 0 Å². The van der Waals surface area contributed by atoms with Gasteiger partial charge in [0.1, 0.15) is 5.76 Å². The van der Waals surface area contributed by atoms with E-state index in [0.717, 1.165) is 23.8 Å². The van der Waals surface area contributed by atoms with Crippen molar-refractivity contribution in [2.24, 2.45) is 5.92 Å². The summed E-state index contributed by atoms with van der Waals surface area (Å²) < 4.78 is 10.4. The van der Waals surface area contributed by atoms with Gasteiger partial charge < -0.3 is 9.15 Å². The lowest BCUT2D eigenvalue weighted by Crippen LogP contribution is -2.38. The van der Waals surface area contributed by atoms with Crippen molar-refractivity contribution in [3.05, 3.63) is 23.2 Å². The van der Waals surface area contributed by atoms with E-state index in [1.807, 2.05) is 13.0 Å². The Hall–Kier alpha value is -1.29. The van der Waals surface area contributed by atoms with Crippen molar-refractivity contribution < 1.29 is 13.9 Å². The molecule has 1 aromatic rings. The van der Waals surface area contributed by atoms with Gasteiger partial charge in [-0.05, 0) is 38.8 Å². The lowest BCUT2D eigenvalue weighted by atomic mass is 9.85. The molecule has 1 saturated carbocycles. The lowest BCUT2D eigenvalue weighted by Gasteiger charge is -2.35. The third-order valence-corrected chi connectivity index (χ3v) is 4.38. The number of hydrogen-bond acceptors (Lipinski definition) is 4. The maximum absolute atomic E-state index is 11.6. The van der Waals surface area contributed by atoms with Crippen molar-refractivity contribution in [2.45, 2.75) is 52.1 Å². The second-order valence-corrected chi connectivity index (χ2v) is 5.96. The van der Waals surface area contributed by atoms with E-state index in [0.29, 0.717) is 11.8 Å². The maximum Gasteiger partial charge on any atom is 0.374 e. The first-order valence-electron chi connectivity index (χ1n) is 7.40. The molecule has 0 saturated heterocycles. The van der Waals surface area contributed by atoms with E-state index in [1.54, 1.807) is 0 Å². The molecule has 20 heavy (non-hydrogen) atoms. The first kappa shape index (κ1) is 15.1. The Bertz CT molecular complexity index is 466. The Morgan fingerprint density at radius 2 is 2.15 bits per heavy atom. The number of carbonyl (C=O) groups is 1. The summed E-state index contributed by atoms with van der Waals surface area (Å²) in [6, 6.07) is 2.55. The fraction of sp³-hybridized carbons (Fsp3) is 0.688. The van der Waals surface area contributed by atoms with Crippen molar-refractivity contribution in [3.8, 4) is 0 Å². The molecule has 2 rings (SSSR count). The monoisotopic (exact) mass is 279 g/mol. The molecule has 1 fully saturated rings. The molecular formula is C16H25NO3. The van der Waals surface area contributed by atoms with E-state index < -0.39 is 5.97 Å². The lowest BCUT2D eigenvalue weighted by molar-refractivity contribution is 0.0557. The highest BCUT2D eigenvalue weighted by Crippen LogP contribution is 2.28. The largest absolute Gasteiger partial charge is 0.463 e. The smallest absolute Gasteiger partial charge is 0.374 e. The Morgan fingerprint density at radius 3 is 2.80 bits per heavy atom. The molecule has 0 aliphatic heterocycles. The summed E-state index contributed by atoms with van der Waals surface area (Å²) >= 11 is 0. The van der Waals surface area contributed by atoms with Gasteiger partial charge in [0.05, 0.1) is 13.7 Å². The summed E-state index contributed by atoms with van der Waals surface area (Å²) in [5.41, 5.74) is 0.844. The van der Waals surface area contributed by atoms with Crippen LogP contribution in [0.1, 0.15) is 54.5 Å². The average Bonchev–Trinajstić information content (AvgIpc) is 2.79. The Kier molecular flexibility index (Phi) is 4.86. The topological polar surface area (TPSA) is 42.7 Å². The van der Waals surface area contributed by atoms with Crippen LogP contribution in [0.25, 0.3) is 0 Å². The third-order valence-electron chi connectivity index (χ3n) is 4.38. The first-order valence-corrected chi connectivity index (χ1v) is 7.40. The van der Waals surface area contributed by atoms with E-state index in [-0.39, 0.29) is 0 Å². The minimum atomic E-state index is -0.401. The Balaban J connectivity index is 2.04. The van der Waals surface area contributed by atoms with Gasteiger partial charge >= 0.3 is 5.97 Å². The van der Waals surface area contributed by atoms with Crippen molar-refractivity contribution in [1.29, 1.82) is 0 Å². The minimum Gasteiger partial charge on any atom is -0.463 e. The number of rotatable bonds is 4. The normalized spacial score (nSPS) is 23.1. The van der Waals surface area contributed by atoms with Crippen molar-refractivity contribution in [2.75, 3.05) is 14.2 Å². The van der Waals surface area contributed by atoms with Crippen LogP contribution >= 0.6 is 0 Å². The van der Waals surface area contributed by atoms with Gasteiger partial charge in [-0.1, -0.05) is 19.8 Å². The number of nitrogens with zero attached hydrogens (tertiary/aromatic N) is 1. The summed E-state index contributed by atoms with van der Waals surface area (Å²) in [6.07, 6.45) is 5.21. The van der Waals surface area contributed by atoms with E-state index in [9.17, 15) is 4.79 Å². The number of esters is 1. The molecule has 0 bridgehead atoms. The highest BCUT2D eigenvalue weighted by molar-refractivity contribution is 5.87. The van der Waals surface area contributed by atoms with Crippen LogP contribution in [0.2, 0.25) is 0 Å². The number of ether oxygens (including phenoxy) is 1. The fourth-order valence-electron chi connectivity index (χ4n) is 3.24. The number of carbonyl (C=O) groups excluding carboxylic acids is 1. The highest BCUT2D eigenvalue weighted by Gasteiger charge is 2.26. The molecule has 112 valence electrons. The highest BCUT2D eigenvalue weighted by atomic mass is 16.5.